The lowest BCUT2D eigenvalue weighted by molar-refractivity contribution is 0.430. The van der Waals surface area contributed by atoms with Crippen LogP contribution in [0.3, 0.4) is 0 Å². The number of phenolic OH excluding ortho intramolecular Hbond substituents is 1. The lowest BCUT2D eigenvalue weighted by Crippen LogP contribution is -1.75. The molecule has 0 aliphatic heterocycles. The molecule has 3 heteroatoms. The van der Waals surface area contributed by atoms with E-state index in [0.717, 1.165) is 5.39 Å². The highest BCUT2D eigenvalue weighted by Gasteiger charge is 2.13. The molecule has 0 saturated heterocycles. The molecule has 0 fully saturated rings. The largest absolute Gasteiger partial charge is 0.505 e. The standard InChI is InChI=1S/C12H7FO2/c13-11-9(14)6-5-8-7-3-1-2-4-10(7)15-12(8)11/h1-6,14H. The van der Waals surface area contributed by atoms with Gasteiger partial charge in [0.2, 0.25) is 5.82 Å². The summed E-state index contributed by atoms with van der Waals surface area (Å²) in [5.74, 6) is -1.09. The van der Waals surface area contributed by atoms with Gasteiger partial charge in [-0.3, -0.25) is 0 Å². The summed E-state index contributed by atoms with van der Waals surface area (Å²) in [5.41, 5.74) is 0.730. The summed E-state index contributed by atoms with van der Waals surface area (Å²) in [6.07, 6.45) is 0. The van der Waals surface area contributed by atoms with Crippen molar-refractivity contribution in [1.82, 2.24) is 0 Å². The number of fused-ring (bicyclic) bond motifs is 3. The average Bonchev–Trinajstić information content (AvgIpc) is 2.63. The number of hydrogen-bond acceptors (Lipinski definition) is 2. The Labute approximate surface area is 84.5 Å². The first-order valence-electron chi connectivity index (χ1n) is 4.56. The van der Waals surface area contributed by atoms with Gasteiger partial charge >= 0.3 is 0 Å². The van der Waals surface area contributed by atoms with E-state index in [1.165, 1.54) is 6.07 Å². The Morgan fingerprint density at radius 3 is 2.67 bits per heavy atom. The van der Waals surface area contributed by atoms with Gasteiger partial charge in [-0.1, -0.05) is 18.2 Å². The maximum atomic E-state index is 13.5. The van der Waals surface area contributed by atoms with Crippen molar-refractivity contribution in [3.63, 3.8) is 0 Å². The molecule has 0 amide bonds. The monoisotopic (exact) mass is 202 g/mol. The molecule has 0 aliphatic carbocycles. The second kappa shape index (κ2) is 2.73. The van der Waals surface area contributed by atoms with Crippen LogP contribution in [0.15, 0.2) is 40.8 Å². The average molecular weight is 202 g/mol. The lowest BCUT2D eigenvalue weighted by atomic mass is 10.1. The molecule has 0 aliphatic rings. The molecule has 0 spiro atoms. The van der Waals surface area contributed by atoms with Gasteiger partial charge in [-0.2, -0.15) is 4.39 Å². The minimum absolute atomic E-state index is 0.108. The summed E-state index contributed by atoms with van der Waals surface area (Å²) in [6, 6.07) is 10.3. The van der Waals surface area contributed by atoms with Crippen molar-refractivity contribution in [2.75, 3.05) is 0 Å². The Balaban J connectivity index is 2.60. The molecular weight excluding hydrogens is 195 g/mol. The van der Waals surface area contributed by atoms with Crippen molar-refractivity contribution in [1.29, 1.82) is 0 Å². The summed E-state index contributed by atoms with van der Waals surface area (Å²) in [6.45, 7) is 0. The Morgan fingerprint density at radius 2 is 1.80 bits per heavy atom. The SMILES string of the molecule is Oc1ccc2c(oc3ccccc32)c1F. The molecule has 1 aromatic heterocycles. The van der Waals surface area contributed by atoms with Crippen molar-refractivity contribution in [3.05, 3.63) is 42.2 Å². The second-order valence-electron chi connectivity index (χ2n) is 3.37. The molecule has 3 rings (SSSR count). The van der Waals surface area contributed by atoms with E-state index in [0.29, 0.717) is 11.0 Å². The zero-order valence-electron chi connectivity index (χ0n) is 7.70. The van der Waals surface area contributed by atoms with E-state index in [-0.39, 0.29) is 11.3 Å². The Kier molecular flexibility index (Phi) is 1.51. The summed E-state index contributed by atoms with van der Waals surface area (Å²) in [5, 5.41) is 10.7. The number of para-hydroxylation sites is 1. The molecule has 2 nitrogen and oxygen atoms in total. The first kappa shape index (κ1) is 8.29. The van der Waals surface area contributed by atoms with Gasteiger partial charge in [-0.25, -0.2) is 0 Å². The fraction of sp³-hybridized carbons (Fsp3) is 0. The first-order valence-corrected chi connectivity index (χ1v) is 4.56. The molecule has 0 atom stereocenters. The third-order valence-electron chi connectivity index (χ3n) is 2.47. The first-order chi connectivity index (χ1) is 7.27. The molecule has 0 bridgehead atoms. The fourth-order valence-corrected chi connectivity index (χ4v) is 1.75. The molecular formula is C12H7FO2. The van der Waals surface area contributed by atoms with Crippen LogP contribution in [0, 0.1) is 5.82 Å². The Hall–Kier alpha value is -2.03. The van der Waals surface area contributed by atoms with E-state index in [4.69, 9.17) is 4.42 Å². The highest BCUT2D eigenvalue weighted by Crippen LogP contribution is 2.33. The number of rotatable bonds is 0. The van der Waals surface area contributed by atoms with E-state index < -0.39 is 5.82 Å². The predicted octanol–water partition coefficient (Wildman–Crippen LogP) is 3.43. The van der Waals surface area contributed by atoms with Gasteiger partial charge in [0, 0.05) is 10.8 Å². The quantitative estimate of drug-likeness (QED) is 0.605. The zero-order chi connectivity index (χ0) is 10.4. The van der Waals surface area contributed by atoms with Crippen LogP contribution in [-0.2, 0) is 0 Å². The van der Waals surface area contributed by atoms with E-state index >= 15 is 0 Å². The van der Waals surface area contributed by atoms with Crippen molar-refractivity contribution >= 4 is 21.9 Å². The molecule has 15 heavy (non-hydrogen) atoms. The van der Waals surface area contributed by atoms with Crippen LogP contribution in [0.25, 0.3) is 21.9 Å². The summed E-state index contributed by atoms with van der Waals surface area (Å²) >= 11 is 0. The second-order valence-corrected chi connectivity index (χ2v) is 3.37. The molecule has 1 heterocycles. The highest BCUT2D eigenvalue weighted by molar-refractivity contribution is 6.05. The third kappa shape index (κ3) is 1.03. The minimum atomic E-state index is -0.705. The number of phenols is 1. The predicted molar refractivity (Wildman–Crippen MR) is 55.3 cm³/mol. The maximum absolute atomic E-state index is 13.5. The van der Waals surface area contributed by atoms with Crippen LogP contribution in [0.5, 0.6) is 5.75 Å². The molecule has 0 saturated carbocycles. The van der Waals surface area contributed by atoms with E-state index in [1.807, 2.05) is 18.2 Å². The van der Waals surface area contributed by atoms with Gasteiger partial charge in [0.1, 0.15) is 5.58 Å². The number of aromatic hydroxyl groups is 1. The van der Waals surface area contributed by atoms with Crippen LogP contribution in [0.2, 0.25) is 0 Å². The molecule has 0 unspecified atom stereocenters. The van der Waals surface area contributed by atoms with Crippen molar-refractivity contribution < 1.29 is 13.9 Å². The van der Waals surface area contributed by atoms with Crippen LogP contribution in [0.4, 0.5) is 4.39 Å². The molecule has 2 aromatic carbocycles. The number of furan rings is 1. The zero-order valence-corrected chi connectivity index (χ0v) is 7.70. The fourth-order valence-electron chi connectivity index (χ4n) is 1.75. The van der Waals surface area contributed by atoms with Gasteiger partial charge in [-0.05, 0) is 18.2 Å². The lowest BCUT2D eigenvalue weighted by Gasteiger charge is -1.93. The summed E-state index contributed by atoms with van der Waals surface area (Å²) in [4.78, 5) is 0. The van der Waals surface area contributed by atoms with Gasteiger partial charge in [0.25, 0.3) is 0 Å². The normalized spacial score (nSPS) is 11.3. The Morgan fingerprint density at radius 1 is 1.00 bits per heavy atom. The number of halogens is 1. The Bertz CT molecular complexity index is 655. The summed E-state index contributed by atoms with van der Waals surface area (Å²) in [7, 11) is 0. The molecule has 1 N–H and O–H groups in total. The van der Waals surface area contributed by atoms with Crippen LogP contribution < -0.4 is 0 Å². The third-order valence-corrected chi connectivity index (χ3v) is 2.47. The van der Waals surface area contributed by atoms with Crippen LogP contribution in [0.1, 0.15) is 0 Å². The van der Waals surface area contributed by atoms with Crippen molar-refractivity contribution in [2.45, 2.75) is 0 Å². The minimum Gasteiger partial charge on any atom is -0.505 e. The van der Waals surface area contributed by atoms with Crippen molar-refractivity contribution in [2.24, 2.45) is 0 Å². The van der Waals surface area contributed by atoms with E-state index in [1.54, 1.807) is 12.1 Å². The van der Waals surface area contributed by atoms with E-state index in [2.05, 4.69) is 0 Å². The van der Waals surface area contributed by atoms with Gasteiger partial charge in [0.05, 0.1) is 0 Å². The summed E-state index contributed by atoms with van der Waals surface area (Å²) < 4.78 is 18.8. The van der Waals surface area contributed by atoms with Crippen LogP contribution >= 0.6 is 0 Å². The smallest absolute Gasteiger partial charge is 0.207 e. The molecule has 74 valence electrons. The molecule has 3 aromatic rings. The topological polar surface area (TPSA) is 33.4 Å². The van der Waals surface area contributed by atoms with Crippen molar-refractivity contribution in [3.8, 4) is 5.75 Å². The van der Waals surface area contributed by atoms with Gasteiger partial charge in [0.15, 0.2) is 11.3 Å². The van der Waals surface area contributed by atoms with Gasteiger partial charge < -0.3 is 9.52 Å². The highest BCUT2D eigenvalue weighted by atomic mass is 19.1. The van der Waals surface area contributed by atoms with Gasteiger partial charge in [-0.15, -0.1) is 0 Å². The molecule has 0 radical (unpaired) electrons. The number of hydrogen-bond donors (Lipinski definition) is 1. The van der Waals surface area contributed by atoms with E-state index in [9.17, 15) is 9.50 Å². The number of benzene rings is 2. The van der Waals surface area contributed by atoms with Crippen LogP contribution in [-0.4, -0.2) is 5.11 Å². The maximum Gasteiger partial charge on any atom is 0.207 e.